The number of hydrogen-bond donors (Lipinski definition) is 1. The molecule has 1 amide bonds. The van der Waals surface area contributed by atoms with Crippen molar-refractivity contribution in [3.8, 4) is 0 Å². The van der Waals surface area contributed by atoms with Crippen molar-refractivity contribution in [2.75, 3.05) is 19.6 Å². The summed E-state index contributed by atoms with van der Waals surface area (Å²) in [5, 5.41) is 1.70. The number of aromatic nitrogens is 2. The van der Waals surface area contributed by atoms with Gasteiger partial charge in [-0.3, -0.25) is 4.79 Å². The molecule has 1 saturated heterocycles. The lowest BCUT2D eigenvalue weighted by atomic mass is 9.97. The normalized spacial score (nSPS) is 18.4. The highest BCUT2D eigenvalue weighted by Gasteiger charge is 2.28. The molecule has 2 aromatic heterocycles. The van der Waals surface area contributed by atoms with Gasteiger partial charge < -0.3 is 9.47 Å². The highest BCUT2D eigenvalue weighted by molar-refractivity contribution is 7.91. The van der Waals surface area contributed by atoms with Crippen molar-refractivity contribution in [3.05, 3.63) is 35.7 Å². The van der Waals surface area contributed by atoms with Gasteiger partial charge in [0.1, 0.15) is 10.0 Å². The number of carbonyl (C=O) groups excluding carboxylic acids is 1. The number of amides is 1. The number of piperidine rings is 1. The number of nitrogens with zero attached hydrogens (tertiary/aromatic N) is 3. The summed E-state index contributed by atoms with van der Waals surface area (Å²) in [6.07, 6.45) is 5.62. The number of hydrogen-bond acceptors (Lipinski definition) is 5. The number of sulfonamides is 1. The van der Waals surface area contributed by atoms with Crippen molar-refractivity contribution in [2.24, 2.45) is 0 Å². The maximum atomic E-state index is 12.5. The summed E-state index contributed by atoms with van der Waals surface area (Å²) in [5.41, 5.74) is 0. The van der Waals surface area contributed by atoms with E-state index in [1.165, 1.54) is 6.07 Å². The first-order chi connectivity index (χ1) is 12.0. The van der Waals surface area contributed by atoms with Crippen molar-refractivity contribution < 1.29 is 13.2 Å². The molecule has 7 nitrogen and oxygen atoms in total. The number of nitrogens with one attached hydrogen (secondary N) is 1. The average molecular weight is 383 g/mol. The number of likely N-dealkylation sites (tertiary alicyclic amines) is 1. The van der Waals surface area contributed by atoms with Gasteiger partial charge in [0.05, 0.1) is 6.54 Å². The third kappa shape index (κ3) is 4.10. The molecule has 0 saturated carbocycles. The lowest BCUT2D eigenvalue weighted by Gasteiger charge is -2.32. The van der Waals surface area contributed by atoms with E-state index in [0.29, 0.717) is 13.1 Å². The van der Waals surface area contributed by atoms with E-state index in [-0.39, 0.29) is 22.6 Å². The number of imidazole rings is 1. The quantitative estimate of drug-likeness (QED) is 0.823. The van der Waals surface area contributed by atoms with Gasteiger partial charge in [-0.1, -0.05) is 6.07 Å². The van der Waals surface area contributed by atoms with Gasteiger partial charge in [0.2, 0.25) is 5.91 Å². The smallest absolute Gasteiger partial charge is 0.250 e. The Morgan fingerprint density at radius 1 is 1.48 bits per heavy atom. The van der Waals surface area contributed by atoms with Gasteiger partial charge in [-0.25, -0.2) is 18.1 Å². The Labute approximate surface area is 151 Å². The second-order valence-electron chi connectivity index (χ2n) is 6.01. The van der Waals surface area contributed by atoms with Crippen molar-refractivity contribution in [2.45, 2.75) is 36.4 Å². The van der Waals surface area contributed by atoms with E-state index >= 15 is 0 Å². The molecule has 1 aliphatic rings. The Bertz CT molecular complexity index is 814. The first-order valence-corrected chi connectivity index (χ1v) is 10.7. The Morgan fingerprint density at radius 2 is 2.32 bits per heavy atom. The lowest BCUT2D eigenvalue weighted by Crippen LogP contribution is -2.44. The molecule has 1 atom stereocenters. The largest absolute Gasteiger partial charge is 0.341 e. The Balaban J connectivity index is 1.61. The van der Waals surface area contributed by atoms with Crippen LogP contribution in [0.2, 0.25) is 0 Å². The Kier molecular flexibility index (Phi) is 5.55. The maximum Gasteiger partial charge on any atom is 0.250 e. The predicted octanol–water partition coefficient (Wildman–Crippen LogP) is 1.65. The predicted molar refractivity (Wildman–Crippen MR) is 96.0 cm³/mol. The van der Waals surface area contributed by atoms with E-state index in [1.54, 1.807) is 22.5 Å². The van der Waals surface area contributed by atoms with Gasteiger partial charge in [-0.15, -0.1) is 11.3 Å². The molecule has 3 rings (SSSR count). The molecule has 0 spiro atoms. The molecule has 1 N–H and O–H groups in total. The standard InChI is InChI=1S/C16H22N4O3S2/c1-2-19-9-7-17-16(19)13-5-3-8-20(12-13)14(21)11-18-25(22,23)15-6-4-10-24-15/h4,6-7,9-10,13,18H,2-3,5,8,11-12H2,1H3/t13-/m1/s1. The molecule has 1 aliphatic heterocycles. The molecule has 0 aliphatic carbocycles. The first kappa shape index (κ1) is 18.1. The van der Waals surface area contributed by atoms with Crippen LogP contribution in [0.15, 0.2) is 34.1 Å². The summed E-state index contributed by atoms with van der Waals surface area (Å²) >= 11 is 1.13. The summed E-state index contributed by atoms with van der Waals surface area (Å²) in [6, 6.07) is 3.20. The molecule has 0 radical (unpaired) electrons. The monoisotopic (exact) mass is 382 g/mol. The molecule has 0 unspecified atom stereocenters. The van der Waals surface area contributed by atoms with Crippen LogP contribution >= 0.6 is 11.3 Å². The van der Waals surface area contributed by atoms with Gasteiger partial charge in [0.25, 0.3) is 10.0 Å². The van der Waals surface area contributed by atoms with Crippen LogP contribution in [0.3, 0.4) is 0 Å². The summed E-state index contributed by atoms with van der Waals surface area (Å²) in [7, 11) is -3.61. The van der Waals surface area contributed by atoms with Crippen LogP contribution < -0.4 is 4.72 Å². The van der Waals surface area contributed by atoms with Gasteiger partial charge in [0.15, 0.2) is 0 Å². The van der Waals surface area contributed by atoms with Crippen LogP contribution in [0, 0.1) is 0 Å². The highest BCUT2D eigenvalue weighted by atomic mass is 32.2. The molecule has 2 aromatic rings. The molecular formula is C16H22N4O3S2. The fraction of sp³-hybridized carbons (Fsp3) is 0.500. The van der Waals surface area contributed by atoms with Crippen molar-refractivity contribution in [1.82, 2.24) is 19.2 Å². The Hall–Kier alpha value is -1.71. The second-order valence-corrected chi connectivity index (χ2v) is 8.95. The molecule has 0 aromatic carbocycles. The van der Waals surface area contributed by atoms with Gasteiger partial charge in [-0.05, 0) is 31.2 Å². The molecule has 136 valence electrons. The van der Waals surface area contributed by atoms with Crippen LogP contribution in [-0.4, -0.2) is 48.4 Å². The zero-order valence-electron chi connectivity index (χ0n) is 14.1. The second kappa shape index (κ2) is 7.67. The van der Waals surface area contributed by atoms with Crippen LogP contribution in [0.4, 0.5) is 0 Å². The summed E-state index contributed by atoms with van der Waals surface area (Å²) < 4.78 is 29.0. The highest BCUT2D eigenvalue weighted by Crippen LogP contribution is 2.26. The van der Waals surface area contributed by atoms with Crippen molar-refractivity contribution >= 4 is 27.3 Å². The Morgan fingerprint density at radius 3 is 3.04 bits per heavy atom. The molecule has 3 heterocycles. The van der Waals surface area contributed by atoms with Gasteiger partial charge in [0, 0.05) is 37.9 Å². The average Bonchev–Trinajstić information content (AvgIpc) is 3.31. The minimum absolute atomic E-state index is 0.195. The SMILES string of the molecule is CCn1ccnc1[C@@H]1CCCN(C(=O)CNS(=O)(=O)c2cccs2)C1. The molecule has 0 bridgehead atoms. The van der Waals surface area contributed by atoms with Crippen LogP contribution in [0.5, 0.6) is 0 Å². The number of aryl methyl sites for hydroxylation is 1. The number of thiophene rings is 1. The molecular weight excluding hydrogens is 360 g/mol. The van der Waals surface area contributed by atoms with Gasteiger partial charge in [-0.2, -0.15) is 0 Å². The lowest BCUT2D eigenvalue weighted by molar-refractivity contribution is -0.131. The third-order valence-corrected chi connectivity index (χ3v) is 7.20. The first-order valence-electron chi connectivity index (χ1n) is 8.33. The molecule has 1 fully saturated rings. The van der Waals surface area contributed by atoms with E-state index in [9.17, 15) is 13.2 Å². The van der Waals surface area contributed by atoms with Crippen LogP contribution in [-0.2, 0) is 21.4 Å². The van der Waals surface area contributed by atoms with Crippen molar-refractivity contribution in [1.29, 1.82) is 0 Å². The zero-order chi connectivity index (χ0) is 17.9. The minimum atomic E-state index is -3.61. The van der Waals surface area contributed by atoms with E-state index in [2.05, 4.69) is 21.2 Å². The molecule has 9 heteroatoms. The fourth-order valence-electron chi connectivity index (χ4n) is 3.12. The van der Waals surface area contributed by atoms with Crippen molar-refractivity contribution in [3.63, 3.8) is 0 Å². The minimum Gasteiger partial charge on any atom is -0.341 e. The van der Waals surface area contributed by atoms with Crippen LogP contribution in [0.1, 0.15) is 31.5 Å². The number of carbonyl (C=O) groups is 1. The van der Waals surface area contributed by atoms with E-state index < -0.39 is 10.0 Å². The van der Waals surface area contributed by atoms with E-state index in [4.69, 9.17) is 0 Å². The molecule has 25 heavy (non-hydrogen) atoms. The van der Waals surface area contributed by atoms with Crippen LogP contribution in [0.25, 0.3) is 0 Å². The fourth-order valence-corrected chi connectivity index (χ4v) is 5.13. The number of rotatable bonds is 6. The maximum absolute atomic E-state index is 12.5. The van der Waals surface area contributed by atoms with E-state index in [1.807, 2.05) is 6.20 Å². The third-order valence-electron chi connectivity index (χ3n) is 4.40. The zero-order valence-corrected chi connectivity index (χ0v) is 15.7. The summed E-state index contributed by atoms with van der Waals surface area (Å²) in [6.45, 7) is 3.94. The van der Waals surface area contributed by atoms with E-state index in [0.717, 1.165) is 36.5 Å². The summed E-state index contributed by atoms with van der Waals surface area (Å²) in [5.74, 6) is 1.00. The topological polar surface area (TPSA) is 84.3 Å². The summed E-state index contributed by atoms with van der Waals surface area (Å²) in [4.78, 5) is 18.6. The van der Waals surface area contributed by atoms with Gasteiger partial charge >= 0.3 is 0 Å².